The number of aryl methyl sites for hydroxylation is 1. The molecule has 6 aromatic rings. The third-order valence-corrected chi connectivity index (χ3v) is 6.43. The van der Waals surface area contributed by atoms with E-state index >= 15 is 0 Å². The van der Waals surface area contributed by atoms with Gasteiger partial charge in [-0.25, -0.2) is 9.97 Å². The Labute approximate surface area is 181 Å². The SMILES string of the molecule is CC(C)c1cc(-c2ncnc3c2c2cc4ccccc4cc2n3C)cc2ccccc12. The molecule has 2 heterocycles. The zero-order valence-corrected chi connectivity index (χ0v) is 17.9. The molecule has 0 spiro atoms. The van der Waals surface area contributed by atoms with Crippen LogP contribution in [-0.2, 0) is 7.05 Å². The van der Waals surface area contributed by atoms with E-state index in [2.05, 4.69) is 103 Å². The lowest BCUT2D eigenvalue weighted by Gasteiger charge is -2.13. The highest BCUT2D eigenvalue weighted by Gasteiger charge is 2.18. The molecule has 150 valence electrons. The molecule has 0 aliphatic heterocycles. The first-order valence-corrected chi connectivity index (χ1v) is 10.8. The molecule has 3 heteroatoms. The standard InChI is InChI=1S/C28H23N3/c1-17(2)23-14-21(12-20-10-6-7-11-22(20)23)27-26-24-13-18-8-4-5-9-19(18)15-25(24)31(3)28(26)30-16-29-27/h4-17H,1-3H3. The highest BCUT2D eigenvalue weighted by molar-refractivity contribution is 6.16. The van der Waals surface area contributed by atoms with Crippen molar-refractivity contribution >= 4 is 43.5 Å². The van der Waals surface area contributed by atoms with Crippen LogP contribution in [0.25, 0.3) is 54.7 Å². The summed E-state index contributed by atoms with van der Waals surface area (Å²) in [6, 6.07) is 26.3. The maximum Gasteiger partial charge on any atom is 0.144 e. The van der Waals surface area contributed by atoms with Gasteiger partial charge >= 0.3 is 0 Å². The second-order valence-electron chi connectivity index (χ2n) is 8.64. The molecular weight excluding hydrogens is 378 g/mol. The number of fused-ring (bicyclic) bond motifs is 5. The lowest BCUT2D eigenvalue weighted by molar-refractivity contribution is 0.876. The molecule has 2 aromatic heterocycles. The molecule has 6 rings (SSSR count). The molecular formula is C28H23N3. The van der Waals surface area contributed by atoms with Gasteiger partial charge in [-0.2, -0.15) is 0 Å². The maximum atomic E-state index is 4.80. The van der Waals surface area contributed by atoms with Gasteiger partial charge in [-0.1, -0.05) is 62.4 Å². The maximum absolute atomic E-state index is 4.80. The van der Waals surface area contributed by atoms with Gasteiger partial charge in [-0.15, -0.1) is 0 Å². The van der Waals surface area contributed by atoms with E-state index in [0.717, 1.165) is 22.3 Å². The van der Waals surface area contributed by atoms with Crippen molar-refractivity contribution in [2.45, 2.75) is 19.8 Å². The minimum Gasteiger partial charge on any atom is -0.328 e. The molecule has 0 fully saturated rings. The highest BCUT2D eigenvalue weighted by atomic mass is 15.0. The van der Waals surface area contributed by atoms with Gasteiger partial charge in [0.1, 0.15) is 12.0 Å². The van der Waals surface area contributed by atoms with E-state index in [4.69, 9.17) is 4.98 Å². The Morgan fingerprint density at radius 2 is 1.45 bits per heavy atom. The summed E-state index contributed by atoms with van der Waals surface area (Å²) in [5.41, 5.74) is 5.65. The van der Waals surface area contributed by atoms with Crippen LogP contribution in [0.4, 0.5) is 0 Å². The van der Waals surface area contributed by atoms with Gasteiger partial charge in [0.05, 0.1) is 16.6 Å². The summed E-state index contributed by atoms with van der Waals surface area (Å²) >= 11 is 0. The predicted octanol–water partition coefficient (Wildman–Crippen LogP) is 7.22. The molecule has 0 N–H and O–H groups in total. The van der Waals surface area contributed by atoms with Crippen molar-refractivity contribution in [3.8, 4) is 11.3 Å². The monoisotopic (exact) mass is 401 g/mol. The average molecular weight is 402 g/mol. The van der Waals surface area contributed by atoms with E-state index in [1.54, 1.807) is 6.33 Å². The first-order chi connectivity index (χ1) is 15.1. The lowest BCUT2D eigenvalue weighted by Crippen LogP contribution is -1.95. The molecule has 0 radical (unpaired) electrons. The van der Waals surface area contributed by atoms with Crippen molar-refractivity contribution in [2.75, 3.05) is 0 Å². The summed E-state index contributed by atoms with van der Waals surface area (Å²) in [4.78, 5) is 9.47. The highest BCUT2D eigenvalue weighted by Crippen LogP contribution is 2.38. The number of benzene rings is 4. The van der Waals surface area contributed by atoms with Crippen LogP contribution in [0.1, 0.15) is 25.3 Å². The van der Waals surface area contributed by atoms with Crippen LogP contribution in [0.3, 0.4) is 0 Å². The second kappa shape index (κ2) is 6.64. The largest absolute Gasteiger partial charge is 0.328 e. The van der Waals surface area contributed by atoms with Crippen molar-refractivity contribution < 1.29 is 0 Å². The Hall–Kier alpha value is -3.72. The van der Waals surface area contributed by atoms with E-state index in [1.165, 1.54) is 38.0 Å². The topological polar surface area (TPSA) is 30.7 Å². The van der Waals surface area contributed by atoms with Crippen molar-refractivity contribution in [1.29, 1.82) is 0 Å². The van der Waals surface area contributed by atoms with Gasteiger partial charge in [0.25, 0.3) is 0 Å². The molecule has 0 saturated heterocycles. The van der Waals surface area contributed by atoms with Crippen molar-refractivity contribution in [1.82, 2.24) is 14.5 Å². The molecule has 0 atom stereocenters. The van der Waals surface area contributed by atoms with Crippen LogP contribution in [-0.4, -0.2) is 14.5 Å². The summed E-state index contributed by atoms with van der Waals surface area (Å²) in [5.74, 6) is 0.429. The molecule has 0 unspecified atom stereocenters. The second-order valence-corrected chi connectivity index (χ2v) is 8.64. The van der Waals surface area contributed by atoms with Crippen molar-refractivity contribution in [2.24, 2.45) is 7.05 Å². The van der Waals surface area contributed by atoms with Crippen LogP contribution < -0.4 is 0 Å². The molecule has 0 aliphatic rings. The third kappa shape index (κ3) is 2.66. The van der Waals surface area contributed by atoms with Crippen LogP contribution in [0, 0.1) is 0 Å². The summed E-state index contributed by atoms with van der Waals surface area (Å²) in [6.07, 6.45) is 1.69. The van der Waals surface area contributed by atoms with Crippen molar-refractivity contribution in [3.05, 3.63) is 84.7 Å². The summed E-state index contributed by atoms with van der Waals surface area (Å²) in [6.45, 7) is 4.51. The molecule has 0 saturated carbocycles. The number of hydrogen-bond acceptors (Lipinski definition) is 2. The molecule has 0 aliphatic carbocycles. The minimum atomic E-state index is 0.429. The summed E-state index contributed by atoms with van der Waals surface area (Å²) in [7, 11) is 2.09. The molecule has 4 aromatic carbocycles. The number of hydrogen-bond donors (Lipinski definition) is 0. The van der Waals surface area contributed by atoms with Gasteiger partial charge in [0, 0.05) is 18.0 Å². The van der Waals surface area contributed by atoms with Gasteiger partial charge in [-0.05, 0) is 57.3 Å². The zero-order chi connectivity index (χ0) is 21.1. The average Bonchev–Trinajstić information content (AvgIpc) is 3.08. The summed E-state index contributed by atoms with van der Waals surface area (Å²) in [5, 5.41) is 7.36. The number of rotatable bonds is 2. The zero-order valence-electron chi connectivity index (χ0n) is 17.9. The van der Waals surface area contributed by atoms with Gasteiger partial charge in [0.15, 0.2) is 0 Å². The van der Waals surface area contributed by atoms with Crippen LogP contribution in [0.2, 0.25) is 0 Å². The van der Waals surface area contributed by atoms with E-state index < -0.39 is 0 Å². The van der Waals surface area contributed by atoms with E-state index in [1.807, 2.05) is 0 Å². The van der Waals surface area contributed by atoms with E-state index in [9.17, 15) is 0 Å². The first kappa shape index (κ1) is 18.1. The fourth-order valence-corrected chi connectivity index (χ4v) is 4.87. The van der Waals surface area contributed by atoms with E-state index in [0.29, 0.717) is 5.92 Å². The van der Waals surface area contributed by atoms with Crippen LogP contribution in [0.5, 0.6) is 0 Å². The molecule has 31 heavy (non-hydrogen) atoms. The third-order valence-electron chi connectivity index (χ3n) is 6.43. The summed E-state index contributed by atoms with van der Waals surface area (Å²) < 4.78 is 2.19. The van der Waals surface area contributed by atoms with E-state index in [-0.39, 0.29) is 0 Å². The smallest absolute Gasteiger partial charge is 0.144 e. The minimum absolute atomic E-state index is 0.429. The van der Waals surface area contributed by atoms with Gasteiger partial charge in [-0.3, -0.25) is 0 Å². The Bertz CT molecular complexity index is 1620. The van der Waals surface area contributed by atoms with Gasteiger partial charge in [0.2, 0.25) is 0 Å². The molecule has 0 bridgehead atoms. The Morgan fingerprint density at radius 3 is 2.23 bits per heavy atom. The normalized spacial score (nSPS) is 12.0. The Morgan fingerprint density at radius 1 is 0.742 bits per heavy atom. The predicted molar refractivity (Wildman–Crippen MR) is 131 cm³/mol. The molecule has 0 amide bonds. The van der Waals surface area contributed by atoms with Crippen LogP contribution >= 0.6 is 0 Å². The van der Waals surface area contributed by atoms with Gasteiger partial charge < -0.3 is 4.57 Å². The fourth-order valence-electron chi connectivity index (χ4n) is 4.87. The quantitative estimate of drug-likeness (QED) is 0.307. The lowest BCUT2D eigenvalue weighted by atomic mass is 9.92. The fraction of sp³-hybridized carbons (Fsp3) is 0.143. The van der Waals surface area contributed by atoms with Crippen LogP contribution in [0.15, 0.2) is 79.1 Å². The Kier molecular flexibility index (Phi) is 3.87. The Balaban J connectivity index is 1.74. The first-order valence-electron chi connectivity index (χ1n) is 10.8. The molecule has 3 nitrogen and oxygen atoms in total. The number of nitrogens with zero attached hydrogens (tertiary/aromatic N) is 3. The number of aromatic nitrogens is 3. The van der Waals surface area contributed by atoms with Crippen molar-refractivity contribution in [3.63, 3.8) is 0 Å².